The largest absolute Gasteiger partial charge is 0.573 e. The van der Waals surface area contributed by atoms with Crippen LogP contribution in [0.25, 0.3) is 10.9 Å². The number of ether oxygens (including phenoxy) is 2. The molecule has 3 atom stereocenters. The van der Waals surface area contributed by atoms with Gasteiger partial charge in [0.1, 0.15) is 28.8 Å². The molecule has 17 nitrogen and oxygen atoms in total. The second-order valence-corrected chi connectivity index (χ2v) is 20.3. The fourth-order valence-corrected chi connectivity index (χ4v) is 11.2. The van der Waals surface area contributed by atoms with E-state index in [-0.39, 0.29) is 60.7 Å². The van der Waals surface area contributed by atoms with Gasteiger partial charge in [0.15, 0.2) is 5.75 Å². The first-order valence-corrected chi connectivity index (χ1v) is 25.2. The molecule has 21 heteroatoms. The van der Waals surface area contributed by atoms with Crippen LogP contribution in [0, 0.1) is 17.2 Å². The standard InChI is InChI=1S/C54H53F4N9O8/c55-32-4-6-33(7-5-32)60-51(72)53(18-19-53)52(73)61-34-8-10-37(11-9-34)74-45-14-20-59-42-26-44(46(25-39(42)45)75-54(56,57)58)65-22-15-31(16-23-65)27-66-35-24-36(66)29-64(28-35)21-17-48(69)62-41-3-1-2-38-40(41)30-67(50(38)71)43-12-13-47(68)63-49(43)70/h1-11,14,20,25-26,31,35-36,43H,12-13,15-19,21-24,27-30H2,(H,60,72)(H,61,73)(H,62,69)(H,63,68,70). The minimum Gasteiger partial charge on any atom is -0.457 e. The molecule has 5 aromatic rings. The van der Waals surface area contributed by atoms with Crippen LogP contribution >= 0.6 is 0 Å². The summed E-state index contributed by atoms with van der Waals surface area (Å²) in [4.78, 5) is 89.7. The molecule has 4 N–H and O–H groups in total. The molecular weight excluding hydrogens is 979 g/mol. The first kappa shape index (κ1) is 49.6. The lowest BCUT2D eigenvalue weighted by Crippen LogP contribution is -2.69. The van der Waals surface area contributed by atoms with Crippen LogP contribution in [0.15, 0.2) is 91.1 Å². The molecule has 1 saturated carbocycles. The van der Waals surface area contributed by atoms with Gasteiger partial charge in [-0.1, -0.05) is 6.07 Å². The van der Waals surface area contributed by atoms with Crippen molar-refractivity contribution in [3.8, 4) is 17.2 Å². The Morgan fingerprint density at radius 2 is 1.52 bits per heavy atom. The number of rotatable bonds is 15. The van der Waals surface area contributed by atoms with Gasteiger partial charge in [0.05, 0.1) is 11.2 Å². The Kier molecular flexibility index (Phi) is 13.1. The molecule has 1 aromatic heterocycles. The number of hydrogen-bond acceptors (Lipinski definition) is 12. The summed E-state index contributed by atoms with van der Waals surface area (Å²) in [6.07, 6.45) is 0.499. The Morgan fingerprint density at radius 1 is 0.827 bits per heavy atom. The van der Waals surface area contributed by atoms with Gasteiger partial charge in [-0.2, -0.15) is 0 Å². The van der Waals surface area contributed by atoms with Gasteiger partial charge >= 0.3 is 6.36 Å². The van der Waals surface area contributed by atoms with E-state index in [1.54, 1.807) is 54.6 Å². The molecule has 7 aliphatic rings. The van der Waals surface area contributed by atoms with Crippen molar-refractivity contribution in [1.82, 2.24) is 25.0 Å². The van der Waals surface area contributed by atoms with Gasteiger partial charge in [0.25, 0.3) is 5.91 Å². The lowest BCUT2D eigenvalue weighted by atomic mass is 9.84. The molecule has 6 amide bonds. The number of nitrogens with one attached hydrogen (secondary N) is 4. The maximum absolute atomic E-state index is 14.0. The molecule has 1 aliphatic carbocycles. The zero-order valence-electron chi connectivity index (χ0n) is 40.6. The van der Waals surface area contributed by atoms with Crippen molar-refractivity contribution in [3.63, 3.8) is 0 Å². The van der Waals surface area contributed by atoms with Crippen LogP contribution in [0.1, 0.15) is 67.3 Å². The Morgan fingerprint density at radius 3 is 2.19 bits per heavy atom. The minimum absolute atomic E-state index is 0.152. The smallest absolute Gasteiger partial charge is 0.457 e. The Balaban J connectivity index is 0.665. The molecule has 0 radical (unpaired) electrons. The number of piperazine rings is 1. The van der Waals surface area contributed by atoms with Crippen LogP contribution in [0.3, 0.4) is 0 Å². The van der Waals surface area contributed by atoms with E-state index in [9.17, 15) is 46.3 Å². The third kappa shape index (κ3) is 10.4. The number of hydrogen-bond donors (Lipinski definition) is 4. The van der Waals surface area contributed by atoms with Crippen LogP contribution < -0.4 is 35.6 Å². The number of pyridine rings is 1. The fourth-order valence-electron chi connectivity index (χ4n) is 11.2. The second-order valence-electron chi connectivity index (χ2n) is 20.3. The van der Waals surface area contributed by atoms with E-state index in [1.807, 2.05) is 4.90 Å². The molecule has 3 unspecified atom stereocenters. The second kappa shape index (κ2) is 19.9. The highest BCUT2D eigenvalue weighted by Crippen LogP contribution is 2.48. The lowest BCUT2D eigenvalue weighted by molar-refractivity contribution is -0.274. The summed E-state index contributed by atoms with van der Waals surface area (Å²) in [7, 11) is 0. The quantitative estimate of drug-likeness (QED) is 0.0469. The van der Waals surface area contributed by atoms with Crippen molar-refractivity contribution in [2.75, 3.05) is 60.1 Å². The Bertz CT molecular complexity index is 3080. The molecule has 7 heterocycles. The Hall–Kier alpha value is -7.65. The van der Waals surface area contributed by atoms with Gasteiger partial charge in [0.2, 0.25) is 29.5 Å². The van der Waals surface area contributed by atoms with Crippen molar-refractivity contribution >= 4 is 69.1 Å². The summed E-state index contributed by atoms with van der Waals surface area (Å²) in [6.45, 7) is 4.28. The summed E-state index contributed by atoms with van der Waals surface area (Å²) in [5, 5.41) is 11.0. The van der Waals surface area contributed by atoms with Gasteiger partial charge in [0, 0.05) is 111 Å². The highest BCUT2D eigenvalue weighted by atomic mass is 19.4. The number of piperidine rings is 3. The number of amides is 6. The lowest BCUT2D eigenvalue weighted by Gasteiger charge is -2.57. The number of carbonyl (C=O) groups excluding carboxylic acids is 6. The van der Waals surface area contributed by atoms with Crippen molar-refractivity contribution in [3.05, 3.63) is 108 Å². The van der Waals surface area contributed by atoms with Gasteiger partial charge in [-0.05, 0) is 123 Å². The molecule has 75 heavy (non-hydrogen) atoms. The zero-order chi connectivity index (χ0) is 52.2. The highest BCUT2D eigenvalue weighted by Gasteiger charge is 2.56. The first-order valence-electron chi connectivity index (χ1n) is 25.2. The number of halogens is 4. The summed E-state index contributed by atoms with van der Waals surface area (Å²) in [5.41, 5.74) is 1.81. The predicted molar refractivity (Wildman–Crippen MR) is 266 cm³/mol. The number of carbonyl (C=O) groups is 6. The van der Waals surface area contributed by atoms with Crippen LogP contribution in [0.4, 0.5) is 40.3 Å². The monoisotopic (exact) mass is 1030 g/mol. The number of anilines is 4. The SMILES string of the molecule is O=C1CCC(N2Cc3c(NC(=O)CCN4CC5CC(C4)N5CC4CCN(c5cc6nccc(Oc7ccc(NC(=O)C8(C(=O)Nc9ccc(F)cc9)CC8)cc7)c6cc5OC(F)(F)F)CC4)cccc3C2=O)C(=O)N1. The number of alkyl halides is 3. The highest BCUT2D eigenvalue weighted by molar-refractivity contribution is 6.17. The van der Waals surface area contributed by atoms with E-state index in [0.29, 0.717) is 95.3 Å². The molecule has 2 bridgehead atoms. The summed E-state index contributed by atoms with van der Waals surface area (Å²) < 4.78 is 66.1. The summed E-state index contributed by atoms with van der Waals surface area (Å²) >= 11 is 0. The van der Waals surface area contributed by atoms with Crippen molar-refractivity contribution < 1.29 is 55.8 Å². The number of fused-ring (bicyclic) bond motifs is 4. The average Bonchev–Trinajstić information content (AvgIpc) is 4.15. The van der Waals surface area contributed by atoms with Crippen molar-refractivity contribution in [2.45, 2.75) is 82.4 Å². The minimum atomic E-state index is -4.97. The third-order valence-corrected chi connectivity index (χ3v) is 15.4. The zero-order valence-corrected chi connectivity index (χ0v) is 40.6. The topological polar surface area (TPSA) is 195 Å². The molecule has 4 aromatic carbocycles. The van der Waals surface area contributed by atoms with Crippen LogP contribution in [-0.4, -0.2) is 119 Å². The van der Waals surface area contributed by atoms with Crippen molar-refractivity contribution in [2.24, 2.45) is 11.3 Å². The van der Waals surface area contributed by atoms with Gasteiger partial charge < -0.3 is 35.2 Å². The molecule has 12 rings (SSSR count). The number of nitrogens with zero attached hydrogens (tertiary/aromatic N) is 5. The predicted octanol–water partition coefficient (Wildman–Crippen LogP) is 7.19. The summed E-state index contributed by atoms with van der Waals surface area (Å²) in [5.74, 6) is -2.23. The first-order chi connectivity index (χ1) is 36.1. The van der Waals surface area contributed by atoms with Crippen LogP contribution in [-0.2, 0) is 30.5 Å². The van der Waals surface area contributed by atoms with E-state index < -0.39 is 41.4 Å². The van der Waals surface area contributed by atoms with E-state index in [4.69, 9.17) is 4.74 Å². The van der Waals surface area contributed by atoms with Crippen LogP contribution in [0.5, 0.6) is 17.2 Å². The van der Waals surface area contributed by atoms with E-state index in [2.05, 4.69) is 40.8 Å². The van der Waals surface area contributed by atoms with Crippen molar-refractivity contribution in [1.29, 1.82) is 0 Å². The molecule has 6 fully saturated rings. The van der Waals surface area contributed by atoms with E-state index >= 15 is 0 Å². The fraction of sp³-hybridized carbons (Fsp3) is 0.389. The van der Waals surface area contributed by atoms with E-state index in [0.717, 1.165) is 38.9 Å². The molecule has 390 valence electrons. The van der Waals surface area contributed by atoms with Gasteiger partial charge in [-0.3, -0.25) is 48.9 Å². The van der Waals surface area contributed by atoms with E-state index in [1.165, 1.54) is 41.4 Å². The maximum atomic E-state index is 14.0. The molecule has 5 saturated heterocycles. The van der Waals surface area contributed by atoms with Gasteiger partial charge in [-0.25, -0.2) is 4.39 Å². The normalized spacial score (nSPS) is 21.5. The third-order valence-electron chi connectivity index (χ3n) is 15.4. The summed E-state index contributed by atoms with van der Waals surface area (Å²) in [6, 6.07) is 21.1. The van der Waals surface area contributed by atoms with Gasteiger partial charge in [-0.15, -0.1) is 13.2 Å². The molecular formula is C54H53F4N9O8. The number of imide groups is 1. The average molecular weight is 1030 g/mol. The maximum Gasteiger partial charge on any atom is 0.573 e. The van der Waals surface area contributed by atoms with Crippen LogP contribution in [0.2, 0.25) is 0 Å². The molecule has 6 aliphatic heterocycles. The number of benzene rings is 4. The number of aromatic nitrogens is 1. The Labute approximate surface area is 427 Å². The molecule has 0 spiro atoms.